The van der Waals surface area contributed by atoms with E-state index in [1.54, 1.807) is 9.34 Å². The number of amides is 1. The van der Waals surface area contributed by atoms with Crippen molar-refractivity contribution in [3.05, 3.63) is 59.9 Å². The number of nitrogens with one attached hydrogen (secondary N) is 1. The summed E-state index contributed by atoms with van der Waals surface area (Å²) in [5, 5.41) is 11.3. The van der Waals surface area contributed by atoms with Crippen LogP contribution in [0.3, 0.4) is 0 Å². The van der Waals surface area contributed by atoms with Crippen molar-refractivity contribution in [3.63, 3.8) is 0 Å². The normalized spacial score (nSPS) is 14.6. The van der Waals surface area contributed by atoms with Crippen molar-refractivity contribution >= 4 is 59.6 Å². The van der Waals surface area contributed by atoms with E-state index in [1.165, 1.54) is 0 Å². The van der Waals surface area contributed by atoms with Gasteiger partial charge >= 0.3 is 19.7 Å². The van der Waals surface area contributed by atoms with Crippen LogP contribution in [0.25, 0.3) is 11.0 Å². The lowest BCUT2D eigenvalue weighted by Gasteiger charge is -2.22. The first-order valence-corrected chi connectivity index (χ1v) is 16.6. The van der Waals surface area contributed by atoms with Gasteiger partial charge in [0.2, 0.25) is 0 Å². The Balaban J connectivity index is 0.000000196. The van der Waals surface area contributed by atoms with E-state index in [0.717, 1.165) is 67.4 Å². The van der Waals surface area contributed by atoms with Crippen LogP contribution < -0.4 is 9.99 Å². The van der Waals surface area contributed by atoms with Crippen molar-refractivity contribution < 1.29 is 24.0 Å². The molecule has 42 heavy (non-hydrogen) atoms. The van der Waals surface area contributed by atoms with Gasteiger partial charge in [0.1, 0.15) is 12.4 Å². The van der Waals surface area contributed by atoms with Crippen molar-refractivity contribution in [1.82, 2.24) is 24.0 Å². The van der Waals surface area contributed by atoms with E-state index in [2.05, 4.69) is 15.0 Å². The van der Waals surface area contributed by atoms with E-state index in [-0.39, 0.29) is 13.0 Å². The molecule has 2 aromatic carbocycles. The summed E-state index contributed by atoms with van der Waals surface area (Å²) in [7, 11) is -0.918. The third kappa shape index (κ3) is 8.84. The number of halogens is 2. The number of benzene rings is 2. The molecule has 3 heterocycles. The van der Waals surface area contributed by atoms with Gasteiger partial charge in [-0.05, 0) is 30.2 Å². The van der Waals surface area contributed by atoms with Crippen LogP contribution in [0.4, 0.5) is 10.5 Å². The number of carboxylic acids is 1. The standard InChI is InChI=1S/C16H21Cl2N3O2.C12H16N3O3P/c1-20-14-6-5-12(21(9-7-17)10-8-18)11-13(14)19-15(20)3-2-4-16(22)23;16-12(18-10-11-4-2-1-3-5-11)13-19(17,14-6-7-14)15-8-9-15/h5-6,11H,2-4,7-10H2,1H3,(H,22,23);1-5H,6-10H2,(H,13,16,17). The maximum absolute atomic E-state index is 12.6. The third-order valence-corrected chi connectivity index (χ3v) is 10.0. The molecule has 2 fully saturated rings. The number of rotatable bonds is 14. The molecule has 0 spiro atoms. The number of carboxylic acid groups (broad SMARTS) is 1. The Bertz CT molecular complexity index is 1380. The number of imidazole rings is 1. The molecule has 0 bridgehead atoms. The monoisotopic (exact) mass is 638 g/mol. The van der Waals surface area contributed by atoms with Gasteiger partial charge in [-0.15, -0.1) is 23.2 Å². The Hall–Kier alpha value is -2.82. The van der Waals surface area contributed by atoms with Crippen LogP contribution >= 0.6 is 30.8 Å². The van der Waals surface area contributed by atoms with Gasteiger partial charge in [-0.3, -0.25) is 9.36 Å². The fraction of sp³-hybridized carbons (Fsp3) is 0.464. The maximum atomic E-state index is 12.6. The minimum absolute atomic E-state index is 0.160. The average molecular weight is 640 g/mol. The van der Waals surface area contributed by atoms with Gasteiger partial charge in [0, 0.05) is 76.6 Å². The molecule has 2 aliphatic heterocycles. The van der Waals surface area contributed by atoms with Crippen LogP contribution in [0.5, 0.6) is 0 Å². The number of carbonyl (C=O) groups excluding carboxylic acids is 1. The number of nitrogens with zero attached hydrogens (tertiary/aromatic N) is 5. The van der Waals surface area contributed by atoms with Crippen LogP contribution in [0.1, 0.15) is 24.2 Å². The molecule has 0 unspecified atom stereocenters. The van der Waals surface area contributed by atoms with Crippen molar-refractivity contribution in [3.8, 4) is 0 Å². The molecule has 0 saturated carbocycles. The summed E-state index contributed by atoms with van der Waals surface area (Å²) in [6.45, 7) is 4.74. The van der Waals surface area contributed by atoms with E-state index < -0.39 is 19.7 Å². The fourth-order valence-corrected chi connectivity index (χ4v) is 7.07. The number of anilines is 1. The van der Waals surface area contributed by atoms with Gasteiger partial charge in [0.15, 0.2) is 0 Å². The summed E-state index contributed by atoms with van der Waals surface area (Å²) in [6.07, 6.45) is 0.781. The summed E-state index contributed by atoms with van der Waals surface area (Å²) < 4.78 is 23.3. The van der Waals surface area contributed by atoms with Crippen molar-refractivity contribution in [2.24, 2.45) is 7.05 Å². The molecule has 2 aliphatic rings. The molecule has 0 aliphatic carbocycles. The summed E-state index contributed by atoms with van der Waals surface area (Å²) in [6, 6.07) is 15.5. The Labute approximate surface area is 255 Å². The number of hydrogen-bond donors (Lipinski definition) is 2. The SMILES string of the molecule is Cn1c(CCCC(=O)O)nc2cc(N(CCCl)CCCl)ccc21.O=C(NP(=O)(N1CC1)N1CC1)OCc1ccccc1. The topological polar surface area (TPSA) is 120 Å². The average Bonchev–Trinajstić information content (AvgIpc) is 3.89. The van der Waals surface area contributed by atoms with E-state index >= 15 is 0 Å². The van der Waals surface area contributed by atoms with Crippen molar-refractivity contribution in [2.45, 2.75) is 25.9 Å². The lowest BCUT2D eigenvalue weighted by Crippen LogP contribution is -2.27. The highest BCUT2D eigenvalue weighted by Gasteiger charge is 2.49. The minimum Gasteiger partial charge on any atom is -0.481 e. The highest BCUT2D eigenvalue weighted by atomic mass is 35.5. The molecular weight excluding hydrogens is 602 g/mol. The van der Waals surface area contributed by atoms with Crippen LogP contribution in [-0.2, 0) is 34.2 Å². The van der Waals surface area contributed by atoms with Gasteiger partial charge in [-0.25, -0.2) is 24.2 Å². The first-order chi connectivity index (χ1) is 20.2. The van der Waals surface area contributed by atoms with Crippen LogP contribution in [0.15, 0.2) is 48.5 Å². The lowest BCUT2D eigenvalue weighted by molar-refractivity contribution is -0.137. The van der Waals surface area contributed by atoms with Gasteiger partial charge in [-0.2, -0.15) is 0 Å². The Morgan fingerprint density at radius 3 is 2.26 bits per heavy atom. The molecule has 2 N–H and O–H groups in total. The van der Waals surface area contributed by atoms with Crippen LogP contribution in [-0.4, -0.2) is 87.1 Å². The molecule has 11 nitrogen and oxygen atoms in total. The second-order valence-corrected chi connectivity index (χ2v) is 13.2. The molecular formula is C28H37Cl2N6O5P. The van der Waals surface area contributed by atoms with Crippen molar-refractivity contribution in [1.29, 1.82) is 0 Å². The Morgan fingerprint density at radius 1 is 1.05 bits per heavy atom. The second-order valence-electron chi connectivity index (χ2n) is 10.00. The van der Waals surface area contributed by atoms with Crippen LogP contribution in [0, 0.1) is 0 Å². The summed E-state index contributed by atoms with van der Waals surface area (Å²) >= 11 is 11.7. The molecule has 5 rings (SSSR count). The number of carbonyl (C=O) groups is 2. The molecule has 0 atom stereocenters. The van der Waals surface area contributed by atoms with Crippen LogP contribution in [0.2, 0.25) is 0 Å². The van der Waals surface area contributed by atoms with Crippen molar-refractivity contribution in [2.75, 3.05) is 55.9 Å². The largest absolute Gasteiger partial charge is 0.481 e. The first kappa shape index (κ1) is 32.1. The van der Waals surface area contributed by atoms with E-state index in [1.807, 2.05) is 60.1 Å². The predicted molar refractivity (Wildman–Crippen MR) is 165 cm³/mol. The zero-order chi connectivity index (χ0) is 30.1. The number of ether oxygens (including phenoxy) is 1. The summed E-state index contributed by atoms with van der Waals surface area (Å²) in [4.78, 5) is 29.2. The van der Waals surface area contributed by atoms with E-state index in [9.17, 15) is 14.2 Å². The number of aromatic nitrogens is 2. The number of fused-ring (bicyclic) bond motifs is 1. The molecule has 1 aromatic heterocycles. The summed E-state index contributed by atoms with van der Waals surface area (Å²) in [5.74, 6) is 1.21. The second kappa shape index (κ2) is 15.1. The predicted octanol–water partition coefficient (Wildman–Crippen LogP) is 4.92. The molecule has 2 saturated heterocycles. The molecule has 3 aromatic rings. The minimum atomic E-state index is -2.88. The smallest absolute Gasteiger partial charge is 0.414 e. The molecule has 0 radical (unpaired) electrons. The number of aliphatic carboxylic acids is 1. The zero-order valence-corrected chi connectivity index (χ0v) is 26.0. The number of aryl methyl sites for hydroxylation is 2. The molecule has 228 valence electrons. The number of hydrogen-bond acceptors (Lipinski definition) is 6. The van der Waals surface area contributed by atoms with Gasteiger partial charge in [0.25, 0.3) is 0 Å². The maximum Gasteiger partial charge on any atom is 0.414 e. The highest BCUT2D eigenvalue weighted by molar-refractivity contribution is 7.58. The lowest BCUT2D eigenvalue weighted by atomic mass is 10.2. The summed E-state index contributed by atoms with van der Waals surface area (Å²) in [5.41, 5.74) is 3.90. The van der Waals surface area contributed by atoms with Gasteiger partial charge in [-0.1, -0.05) is 30.3 Å². The quantitative estimate of drug-likeness (QED) is 0.144. The highest BCUT2D eigenvalue weighted by Crippen LogP contribution is 2.56. The molecule has 1 amide bonds. The Kier molecular flexibility index (Phi) is 11.5. The fourth-order valence-electron chi connectivity index (χ4n) is 4.46. The van der Waals surface area contributed by atoms with E-state index in [0.29, 0.717) is 24.6 Å². The van der Waals surface area contributed by atoms with Gasteiger partial charge < -0.3 is 19.3 Å². The molecule has 14 heteroatoms. The van der Waals surface area contributed by atoms with Gasteiger partial charge in [0.05, 0.1) is 11.0 Å². The first-order valence-electron chi connectivity index (χ1n) is 13.9. The Morgan fingerprint density at radius 2 is 1.69 bits per heavy atom. The third-order valence-electron chi connectivity index (χ3n) is 6.89. The van der Waals surface area contributed by atoms with E-state index in [4.69, 9.17) is 33.0 Å². The zero-order valence-electron chi connectivity index (χ0n) is 23.6. The number of alkyl halides is 2.